The molecule has 12 heavy (non-hydrogen) atoms. The zero-order valence-corrected chi connectivity index (χ0v) is 7.72. The average Bonchev–Trinajstić information content (AvgIpc) is 2.59. The predicted octanol–water partition coefficient (Wildman–Crippen LogP) is 2.92. The average molecular weight is 180 g/mol. The lowest BCUT2D eigenvalue weighted by Crippen LogP contribution is -1.96. The lowest BCUT2D eigenvalue weighted by molar-refractivity contribution is 0.173. The van der Waals surface area contributed by atoms with Crippen LogP contribution in [0.2, 0.25) is 0 Å². The van der Waals surface area contributed by atoms with Crippen molar-refractivity contribution in [2.24, 2.45) is 0 Å². The first kappa shape index (κ1) is 8.14. The van der Waals surface area contributed by atoms with Crippen molar-refractivity contribution in [3.63, 3.8) is 0 Å². The van der Waals surface area contributed by atoms with Crippen molar-refractivity contribution in [1.29, 1.82) is 0 Å². The van der Waals surface area contributed by atoms with Gasteiger partial charge in [-0.3, -0.25) is 0 Å². The van der Waals surface area contributed by atoms with E-state index in [4.69, 9.17) is 4.74 Å². The Morgan fingerprint density at radius 2 is 2.08 bits per heavy atom. The standard InChI is InChI=1S/C10H12OS/c1-2-5-9(6-3-1)12-10-7-4-8-11-10/h1-3,5-6,10H,4,7-8H2/t10-/m1/s1. The van der Waals surface area contributed by atoms with Crippen molar-refractivity contribution < 1.29 is 4.74 Å². The van der Waals surface area contributed by atoms with Gasteiger partial charge in [0.25, 0.3) is 0 Å². The van der Waals surface area contributed by atoms with Crippen LogP contribution >= 0.6 is 11.8 Å². The molecule has 0 radical (unpaired) electrons. The van der Waals surface area contributed by atoms with E-state index in [0.717, 1.165) is 6.61 Å². The van der Waals surface area contributed by atoms with Crippen molar-refractivity contribution in [2.75, 3.05) is 6.61 Å². The molecule has 1 atom stereocenters. The van der Waals surface area contributed by atoms with Crippen molar-refractivity contribution >= 4 is 11.8 Å². The van der Waals surface area contributed by atoms with Gasteiger partial charge in [0.1, 0.15) is 5.44 Å². The Balaban J connectivity index is 1.94. The molecule has 2 heteroatoms. The molecule has 1 aliphatic heterocycles. The third-order valence-corrected chi connectivity index (χ3v) is 3.08. The molecule has 1 heterocycles. The normalized spacial score (nSPS) is 22.8. The van der Waals surface area contributed by atoms with Gasteiger partial charge in [0.15, 0.2) is 0 Å². The molecule has 64 valence electrons. The second kappa shape index (κ2) is 3.97. The number of hydrogen-bond donors (Lipinski definition) is 0. The van der Waals surface area contributed by atoms with E-state index in [2.05, 4.69) is 24.3 Å². The predicted molar refractivity (Wildman–Crippen MR) is 51.3 cm³/mol. The summed E-state index contributed by atoms with van der Waals surface area (Å²) in [5, 5.41) is 0. The zero-order chi connectivity index (χ0) is 8.23. The highest BCUT2D eigenvalue weighted by molar-refractivity contribution is 7.99. The summed E-state index contributed by atoms with van der Waals surface area (Å²) in [6.07, 6.45) is 2.41. The Labute approximate surface area is 77.1 Å². The highest BCUT2D eigenvalue weighted by Gasteiger charge is 2.15. The van der Waals surface area contributed by atoms with Gasteiger partial charge >= 0.3 is 0 Å². The Bertz CT molecular complexity index is 229. The number of hydrogen-bond acceptors (Lipinski definition) is 2. The molecular formula is C10H12OS. The molecule has 0 N–H and O–H groups in total. The van der Waals surface area contributed by atoms with Gasteiger partial charge in [0.2, 0.25) is 0 Å². The molecule has 2 rings (SSSR count). The minimum absolute atomic E-state index is 0.396. The van der Waals surface area contributed by atoms with Crippen LogP contribution in [0, 0.1) is 0 Å². The van der Waals surface area contributed by atoms with Gasteiger partial charge in [-0.1, -0.05) is 30.0 Å². The summed E-state index contributed by atoms with van der Waals surface area (Å²) in [5.41, 5.74) is 0.396. The molecule has 1 saturated heterocycles. The van der Waals surface area contributed by atoms with E-state index in [-0.39, 0.29) is 0 Å². The fourth-order valence-electron chi connectivity index (χ4n) is 1.29. The summed E-state index contributed by atoms with van der Waals surface area (Å²) in [6.45, 7) is 0.935. The summed E-state index contributed by atoms with van der Waals surface area (Å²) in [5.74, 6) is 0. The maximum absolute atomic E-state index is 5.52. The van der Waals surface area contributed by atoms with Crippen LogP contribution in [0.15, 0.2) is 35.2 Å². The Morgan fingerprint density at radius 3 is 2.75 bits per heavy atom. The van der Waals surface area contributed by atoms with Crippen molar-refractivity contribution in [3.8, 4) is 0 Å². The third kappa shape index (κ3) is 2.02. The molecule has 0 spiro atoms. The maximum Gasteiger partial charge on any atom is 0.107 e. The van der Waals surface area contributed by atoms with Gasteiger partial charge < -0.3 is 4.74 Å². The van der Waals surface area contributed by atoms with E-state index < -0.39 is 0 Å². The molecule has 1 aliphatic rings. The number of benzene rings is 1. The van der Waals surface area contributed by atoms with E-state index in [9.17, 15) is 0 Å². The molecular weight excluding hydrogens is 168 g/mol. The Kier molecular flexibility index (Phi) is 2.69. The van der Waals surface area contributed by atoms with Crippen LogP contribution in [0.1, 0.15) is 12.8 Å². The molecule has 1 aromatic carbocycles. The first-order valence-electron chi connectivity index (χ1n) is 4.28. The largest absolute Gasteiger partial charge is 0.367 e. The van der Waals surface area contributed by atoms with E-state index >= 15 is 0 Å². The van der Waals surface area contributed by atoms with Crippen LogP contribution in [0.3, 0.4) is 0 Å². The summed E-state index contributed by atoms with van der Waals surface area (Å²) >= 11 is 1.83. The highest BCUT2D eigenvalue weighted by Crippen LogP contribution is 2.30. The van der Waals surface area contributed by atoms with Crippen molar-refractivity contribution in [1.82, 2.24) is 0 Å². The van der Waals surface area contributed by atoms with Gasteiger partial charge in [-0.15, -0.1) is 0 Å². The van der Waals surface area contributed by atoms with Crippen LogP contribution in [0.25, 0.3) is 0 Å². The third-order valence-electron chi connectivity index (χ3n) is 1.90. The number of ether oxygens (including phenoxy) is 1. The fourth-order valence-corrected chi connectivity index (χ4v) is 2.36. The monoisotopic (exact) mass is 180 g/mol. The van der Waals surface area contributed by atoms with Gasteiger partial charge in [0.05, 0.1) is 0 Å². The molecule has 1 aromatic rings. The van der Waals surface area contributed by atoms with E-state index in [1.807, 2.05) is 17.8 Å². The minimum Gasteiger partial charge on any atom is -0.367 e. The van der Waals surface area contributed by atoms with E-state index in [1.54, 1.807) is 0 Å². The van der Waals surface area contributed by atoms with Crippen molar-refractivity contribution in [3.05, 3.63) is 30.3 Å². The molecule has 0 aliphatic carbocycles. The SMILES string of the molecule is c1ccc(S[C@@H]2CCCO2)cc1. The Morgan fingerprint density at radius 1 is 1.25 bits per heavy atom. The molecule has 0 unspecified atom stereocenters. The van der Waals surface area contributed by atoms with Gasteiger partial charge in [-0.05, 0) is 25.0 Å². The van der Waals surface area contributed by atoms with Crippen LogP contribution in [0.4, 0.5) is 0 Å². The molecule has 1 fully saturated rings. The molecule has 1 nitrogen and oxygen atoms in total. The van der Waals surface area contributed by atoms with Crippen LogP contribution in [-0.4, -0.2) is 12.0 Å². The highest BCUT2D eigenvalue weighted by atomic mass is 32.2. The molecule has 0 amide bonds. The first-order valence-corrected chi connectivity index (χ1v) is 5.16. The minimum atomic E-state index is 0.396. The second-order valence-corrected chi connectivity index (χ2v) is 4.11. The number of thioether (sulfide) groups is 1. The topological polar surface area (TPSA) is 9.23 Å². The quantitative estimate of drug-likeness (QED) is 0.692. The second-order valence-electron chi connectivity index (χ2n) is 2.87. The van der Waals surface area contributed by atoms with E-state index in [0.29, 0.717) is 5.44 Å². The van der Waals surface area contributed by atoms with Crippen LogP contribution < -0.4 is 0 Å². The lowest BCUT2D eigenvalue weighted by Gasteiger charge is -2.07. The summed E-state index contributed by atoms with van der Waals surface area (Å²) in [4.78, 5) is 1.31. The molecule has 0 aromatic heterocycles. The molecule has 0 bridgehead atoms. The summed E-state index contributed by atoms with van der Waals surface area (Å²) in [6, 6.07) is 10.4. The lowest BCUT2D eigenvalue weighted by atomic mass is 10.4. The maximum atomic E-state index is 5.52. The Hall–Kier alpha value is -0.470. The fraction of sp³-hybridized carbons (Fsp3) is 0.400. The smallest absolute Gasteiger partial charge is 0.107 e. The molecule has 0 saturated carbocycles. The van der Waals surface area contributed by atoms with E-state index in [1.165, 1.54) is 17.7 Å². The van der Waals surface area contributed by atoms with Crippen molar-refractivity contribution in [2.45, 2.75) is 23.2 Å². The number of rotatable bonds is 2. The van der Waals surface area contributed by atoms with Crippen LogP contribution in [0.5, 0.6) is 0 Å². The summed E-state index contributed by atoms with van der Waals surface area (Å²) < 4.78 is 5.52. The zero-order valence-electron chi connectivity index (χ0n) is 6.90. The van der Waals surface area contributed by atoms with Gasteiger partial charge in [-0.25, -0.2) is 0 Å². The first-order chi connectivity index (χ1) is 5.95. The van der Waals surface area contributed by atoms with Gasteiger partial charge in [-0.2, -0.15) is 0 Å². The van der Waals surface area contributed by atoms with Gasteiger partial charge in [0, 0.05) is 11.5 Å². The summed E-state index contributed by atoms with van der Waals surface area (Å²) in [7, 11) is 0. The van der Waals surface area contributed by atoms with Crippen LogP contribution in [-0.2, 0) is 4.74 Å².